The van der Waals surface area contributed by atoms with Crippen molar-refractivity contribution in [3.63, 3.8) is 0 Å². The summed E-state index contributed by atoms with van der Waals surface area (Å²) in [5.74, 6) is 5.24. The van der Waals surface area contributed by atoms with E-state index in [4.69, 9.17) is 0 Å². The number of aromatic nitrogens is 4. The second-order valence-corrected chi connectivity index (χ2v) is 7.46. The number of thioether (sulfide) groups is 2. The van der Waals surface area contributed by atoms with Crippen molar-refractivity contribution in [3.05, 3.63) is 6.20 Å². The predicted octanol–water partition coefficient (Wildman–Crippen LogP) is 2.44. The number of hydrogen-bond donors (Lipinski definition) is 3. The summed E-state index contributed by atoms with van der Waals surface area (Å²) in [7, 11) is 0. The molecule has 2 aromatic heterocycles. The quantitative estimate of drug-likeness (QED) is 0.753. The van der Waals surface area contributed by atoms with E-state index < -0.39 is 0 Å². The molecule has 2 aromatic rings. The zero-order valence-corrected chi connectivity index (χ0v) is 13.7. The van der Waals surface area contributed by atoms with Gasteiger partial charge in [0, 0.05) is 35.6 Å². The topological polar surface area (TPSA) is 78.5 Å². The van der Waals surface area contributed by atoms with Crippen molar-refractivity contribution in [2.75, 3.05) is 41.0 Å². The van der Waals surface area contributed by atoms with Gasteiger partial charge < -0.3 is 10.6 Å². The molecule has 0 aromatic carbocycles. The molecule has 0 bridgehead atoms. The molecule has 114 valence electrons. The third-order valence-electron chi connectivity index (χ3n) is 3.23. The number of hydrogen-bond acceptors (Lipinski definition) is 7. The van der Waals surface area contributed by atoms with Gasteiger partial charge in [-0.1, -0.05) is 6.92 Å². The molecule has 0 amide bonds. The van der Waals surface area contributed by atoms with Crippen LogP contribution in [0.25, 0.3) is 11.0 Å². The lowest BCUT2D eigenvalue weighted by molar-refractivity contribution is 0.949. The number of rotatable bonds is 6. The van der Waals surface area contributed by atoms with Gasteiger partial charge in [0.1, 0.15) is 5.82 Å². The molecule has 1 fully saturated rings. The highest BCUT2D eigenvalue weighted by molar-refractivity contribution is 8.06. The third-order valence-corrected chi connectivity index (χ3v) is 6.07. The highest BCUT2D eigenvalue weighted by Gasteiger charge is 2.16. The van der Waals surface area contributed by atoms with E-state index in [-0.39, 0.29) is 0 Å². The van der Waals surface area contributed by atoms with Gasteiger partial charge in [-0.2, -0.15) is 38.6 Å². The minimum atomic E-state index is 0.646. The Labute approximate surface area is 132 Å². The standard InChI is InChI=1S/C13H20N6S2/c1-2-3-14-13-17-11(10-7-16-19-12(10)18-13)15-6-9-8-20-4-5-21-9/h7,9H,2-6,8H2,1H3,(H3,14,15,16,17,18,19). The van der Waals surface area contributed by atoms with Crippen LogP contribution in [-0.4, -0.2) is 55.8 Å². The third kappa shape index (κ3) is 3.74. The van der Waals surface area contributed by atoms with Gasteiger partial charge in [-0.15, -0.1) is 0 Å². The summed E-state index contributed by atoms with van der Waals surface area (Å²) in [6, 6.07) is 0. The summed E-state index contributed by atoms with van der Waals surface area (Å²) in [5.41, 5.74) is 0.775. The monoisotopic (exact) mass is 324 g/mol. The van der Waals surface area contributed by atoms with Crippen LogP contribution in [0.2, 0.25) is 0 Å². The minimum absolute atomic E-state index is 0.646. The normalized spacial score (nSPS) is 18.8. The van der Waals surface area contributed by atoms with Gasteiger partial charge in [0.15, 0.2) is 5.65 Å². The van der Waals surface area contributed by atoms with Gasteiger partial charge in [0.2, 0.25) is 5.95 Å². The van der Waals surface area contributed by atoms with Gasteiger partial charge >= 0.3 is 0 Å². The van der Waals surface area contributed by atoms with Crippen LogP contribution in [0.4, 0.5) is 11.8 Å². The Kier molecular flexibility index (Phi) is 5.08. The second-order valence-electron chi connectivity index (χ2n) is 4.90. The molecular weight excluding hydrogens is 304 g/mol. The Morgan fingerprint density at radius 2 is 2.29 bits per heavy atom. The molecule has 1 saturated heterocycles. The van der Waals surface area contributed by atoms with E-state index >= 15 is 0 Å². The first kappa shape index (κ1) is 14.8. The molecular formula is C13H20N6S2. The summed E-state index contributed by atoms with van der Waals surface area (Å²) < 4.78 is 0. The van der Waals surface area contributed by atoms with Gasteiger partial charge in [-0.3, -0.25) is 5.10 Å². The summed E-state index contributed by atoms with van der Waals surface area (Å²) in [6.45, 7) is 3.93. The van der Waals surface area contributed by atoms with E-state index in [0.29, 0.717) is 11.2 Å². The maximum Gasteiger partial charge on any atom is 0.226 e. The lowest BCUT2D eigenvalue weighted by Gasteiger charge is -2.21. The van der Waals surface area contributed by atoms with Gasteiger partial charge in [-0.05, 0) is 6.42 Å². The fourth-order valence-electron chi connectivity index (χ4n) is 2.15. The molecule has 3 heterocycles. The summed E-state index contributed by atoms with van der Waals surface area (Å²) >= 11 is 4.08. The first-order valence-corrected chi connectivity index (χ1v) is 9.45. The molecule has 21 heavy (non-hydrogen) atoms. The highest BCUT2D eigenvalue weighted by Crippen LogP contribution is 2.25. The van der Waals surface area contributed by atoms with E-state index in [2.05, 4.69) is 37.7 Å². The molecule has 1 atom stereocenters. The summed E-state index contributed by atoms with van der Waals surface area (Å²) in [4.78, 5) is 9.02. The second kappa shape index (κ2) is 7.22. The van der Waals surface area contributed by atoms with E-state index in [9.17, 15) is 0 Å². The molecule has 6 nitrogen and oxygen atoms in total. The van der Waals surface area contributed by atoms with Gasteiger partial charge in [0.05, 0.1) is 11.6 Å². The molecule has 0 spiro atoms. The van der Waals surface area contributed by atoms with E-state index in [1.54, 1.807) is 6.20 Å². The zero-order chi connectivity index (χ0) is 14.5. The molecule has 3 N–H and O–H groups in total. The molecule has 3 rings (SSSR count). The van der Waals surface area contributed by atoms with E-state index in [0.717, 1.165) is 36.4 Å². The number of nitrogens with zero attached hydrogens (tertiary/aromatic N) is 3. The first-order valence-electron chi connectivity index (χ1n) is 7.25. The highest BCUT2D eigenvalue weighted by atomic mass is 32.2. The largest absolute Gasteiger partial charge is 0.368 e. The van der Waals surface area contributed by atoms with Crippen LogP contribution in [0.15, 0.2) is 6.20 Å². The summed E-state index contributed by atoms with van der Waals surface area (Å²) in [6.07, 6.45) is 2.83. The predicted molar refractivity (Wildman–Crippen MR) is 92.5 cm³/mol. The van der Waals surface area contributed by atoms with E-state index in [1.165, 1.54) is 17.3 Å². The van der Waals surface area contributed by atoms with Crippen LogP contribution in [0, 0.1) is 0 Å². The molecule has 0 aliphatic carbocycles. The Morgan fingerprint density at radius 3 is 3.10 bits per heavy atom. The number of H-pyrrole nitrogens is 1. The molecule has 1 unspecified atom stereocenters. The summed E-state index contributed by atoms with van der Waals surface area (Å²) in [5, 5.41) is 15.3. The Hall–Kier alpha value is -1.15. The number of nitrogens with one attached hydrogen (secondary N) is 3. The van der Waals surface area contributed by atoms with Crippen LogP contribution >= 0.6 is 23.5 Å². The van der Waals surface area contributed by atoms with Crippen LogP contribution in [-0.2, 0) is 0 Å². The molecule has 1 aliphatic heterocycles. The van der Waals surface area contributed by atoms with Crippen molar-refractivity contribution in [3.8, 4) is 0 Å². The Balaban J connectivity index is 1.73. The number of anilines is 2. The fraction of sp³-hybridized carbons (Fsp3) is 0.615. The Bertz CT molecular complexity index is 581. The van der Waals surface area contributed by atoms with Gasteiger partial charge in [0.25, 0.3) is 0 Å². The van der Waals surface area contributed by atoms with Crippen LogP contribution in [0.5, 0.6) is 0 Å². The van der Waals surface area contributed by atoms with Crippen LogP contribution < -0.4 is 10.6 Å². The van der Waals surface area contributed by atoms with Crippen molar-refractivity contribution in [2.45, 2.75) is 18.6 Å². The smallest absolute Gasteiger partial charge is 0.226 e. The Morgan fingerprint density at radius 1 is 1.33 bits per heavy atom. The number of aromatic amines is 1. The fourth-order valence-corrected chi connectivity index (χ4v) is 4.76. The molecule has 8 heteroatoms. The van der Waals surface area contributed by atoms with Crippen molar-refractivity contribution in [1.29, 1.82) is 0 Å². The van der Waals surface area contributed by atoms with Crippen molar-refractivity contribution < 1.29 is 0 Å². The molecule has 0 radical (unpaired) electrons. The molecule has 1 aliphatic rings. The van der Waals surface area contributed by atoms with Crippen LogP contribution in [0.3, 0.4) is 0 Å². The van der Waals surface area contributed by atoms with Crippen LogP contribution in [0.1, 0.15) is 13.3 Å². The average molecular weight is 324 g/mol. The number of fused-ring (bicyclic) bond motifs is 1. The minimum Gasteiger partial charge on any atom is -0.368 e. The van der Waals surface area contributed by atoms with Crippen molar-refractivity contribution in [2.24, 2.45) is 0 Å². The lowest BCUT2D eigenvalue weighted by Crippen LogP contribution is -2.23. The molecule has 0 saturated carbocycles. The van der Waals surface area contributed by atoms with Gasteiger partial charge in [-0.25, -0.2) is 0 Å². The SMILES string of the molecule is CCCNc1nc(NCC2CSCCS2)c2cn[nH]c2n1. The zero-order valence-electron chi connectivity index (χ0n) is 12.1. The van der Waals surface area contributed by atoms with Crippen molar-refractivity contribution in [1.82, 2.24) is 20.2 Å². The first-order chi connectivity index (χ1) is 10.4. The average Bonchev–Trinajstić information content (AvgIpc) is 3.00. The maximum atomic E-state index is 4.59. The van der Waals surface area contributed by atoms with Crippen molar-refractivity contribution >= 4 is 46.3 Å². The maximum absolute atomic E-state index is 4.59. The van der Waals surface area contributed by atoms with E-state index in [1.807, 2.05) is 23.5 Å². The lowest BCUT2D eigenvalue weighted by atomic mass is 10.3.